The normalized spacial score (nSPS) is 10.7. The van der Waals surface area contributed by atoms with Gasteiger partial charge in [-0.2, -0.15) is 0 Å². The molecule has 30 heavy (non-hydrogen) atoms. The summed E-state index contributed by atoms with van der Waals surface area (Å²) in [6.45, 7) is 0. The average Bonchev–Trinajstić information content (AvgIpc) is 3.27. The van der Waals surface area contributed by atoms with Gasteiger partial charge in [0.25, 0.3) is 0 Å². The Hall–Kier alpha value is -4.11. The summed E-state index contributed by atoms with van der Waals surface area (Å²) in [4.78, 5) is 4.83. The van der Waals surface area contributed by atoms with Crippen molar-refractivity contribution in [1.29, 1.82) is 0 Å². The highest BCUT2D eigenvalue weighted by molar-refractivity contribution is 5.79. The lowest BCUT2D eigenvalue weighted by Gasteiger charge is -2.05. The van der Waals surface area contributed by atoms with Crippen molar-refractivity contribution in [3.05, 3.63) is 115 Å². The van der Waals surface area contributed by atoms with E-state index in [1.807, 2.05) is 115 Å². The molecule has 3 heteroatoms. The van der Waals surface area contributed by atoms with Crippen LogP contribution < -0.4 is 4.74 Å². The molecule has 1 aromatic heterocycles. The summed E-state index contributed by atoms with van der Waals surface area (Å²) in [5.41, 5.74) is 3.76. The molecule has 0 amide bonds. The summed E-state index contributed by atoms with van der Waals surface area (Å²) in [6.07, 6.45) is 0. The molecule has 0 aliphatic rings. The fourth-order valence-corrected chi connectivity index (χ4v) is 3.31. The molecule has 0 unspecified atom stereocenters. The van der Waals surface area contributed by atoms with E-state index in [2.05, 4.69) is 0 Å². The third-order valence-electron chi connectivity index (χ3n) is 4.79. The van der Waals surface area contributed by atoms with Crippen molar-refractivity contribution in [2.45, 2.75) is 0 Å². The van der Waals surface area contributed by atoms with Crippen molar-refractivity contribution in [1.82, 2.24) is 4.98 Å². The standard InChI is InChI=1S/C27H19NO2/c1-4-10-20(11-5-1)25-26(21-12-6-2-7-13-21)30-27(28-25)22-16-18-24(19-17-22)29-23-14-8-3-9-15-23/h1-19H. The highest BCUT2D eigenvalue weighted by atomic mass is 16.5. The Morgan fingerprint density at radius 2 is 1.03 bits per heavy atom. The second-order valence-electron chi connectivity index (χ2n) is 6.87. The quantitative estimate of drug-likeness (QED) is 0.313. The van der Waals surface area contributed by atoms with Gasteiger partial charge in [0.2, 0.25) is 5.89 Å². The van der Waals surface area contributed by atoms with Gasteiger partial charge in [0, 0.05) is 16.7 Å². The first-order valence-corrected chi connectivity index (χ1v) is 9.82. The second kappa shape index (κ2) is 8.10. The fourth-order valence-electron chi connectivity index (χ4n) is 3.31. The van der Waals surface area contributed by atoms with Gasteiger partial charge in [-0.3, -0.25) is 0 Å². The molecule has 144 valence electrons. The zero-order chi connectivity index (χ0) is 20.2. The van der Waals surface area contributed by atoms with E-state index in [-0.39, 0.29) is 0 Å². The van der Waals surface area contributed by atoms with Gasteiger partial charge < -0.3 is 9.15 Å². The Labute approximate surface area is 175 Å². The molecule has 0 atom stereocenters. The van der Waals surface area contributed by atoms with Crippen molar-refractivity contribution in [2.75, 3.05) is 0 Å². The lowest BCUT2D eigenvalue weighted by molar-refractivity contribution is 0.482. The van der Waals surface area contributed by atoms with Gasteiger partial charge in [-0.25, -0.2) is 4.98 Å². The monoisotopic (exact) mass is 389 g/mol. The van der Waals surface area contributed by atoms with E-state index in [9.17, 15) is 0 Å². The molecular formula is C27H19NO2. The van der Waals surface area contributed by atoms with Crippen LogP contribution in [0.1, 0.15) is 0 Å². The Kier molecular flexibility index (Phi) is 4.84. The second-order valence-corrected chi connectivity index (χ2v) is 6.87. The lowest BCUT2D eigenvalue weighted by Crippen LogP contribution is -1.84. The Balaban J connectivity index is 1.51. The van der Waals surface area contributed by atoms with E-state index < -0.39 is 0 Å². The van der Waals surface area contributed by atoms with Gasteiger partial charge in [-0.05, 0) is 36.4 Å². The van der Waals surface area contributed by atoms with Crippen LogP contribution in [-0.2, 0) is 0 Å². The topological polar surface area (TPSA) is 35.3 Å². The Morgan fingerprint density at radius 3 is 1.67 bits per heavy atom. The average molecular weight is 389 g/mol. The molecule has 0 radical (unpaired) electrons. The number of ether oxygens (including phenoxy) is 1. The van der Waals surface area contributed by atoms with E-state index in [4.69, 9.17) is 14.1 Å². The molecule has 0 saturated carbocycles. The SMILES string of the molecule is c1ccc(Oc2ccc(-c3nc(-c4ccccc4)c(-c4ccccc4)o3)cc2)cc1. The molecule has 0 saturated heterocycles. The molecular weight excluding hydrogens is 370 g/mol. The minimum absolute atomic E-state index is 0.582. The molecule has 0 N–H and O–H groups in total. The number of oxazole rings is 1. The van der Waals surface area contributed by atoms with E-state index in [0.717, 1.165) is 39.6 Å². The molecule has 3 nitrogen and oxygen atoms in total. The van der Waals surface area contributed by atoms with Crippen LogP contribution in [0.3, 0.4) is 0 Å². The van der Waals surface area contributed by atoms with Crippen molar-refractivity contribution < 1.29 is 9.15 Å². The number of aromatic nitrogens is 1. The van der Waals surface area contributed by atoms with Crippen LogP contribution in [0.15, 0.2) is 120 Å². The zero-order valence-corrected chi connectivity index (χ0v) is 16.2. The first kappa shape index (κ1) is 18.0. The van der Waals surface area contributed by atoms with E-state index in [1.54, 1.807) is 0 Å². The molecule has 0 spiro atoms. The maximum Gasteiger partial charge on any atom is 0.227 e. The van der Waals surface area contributed by atoms with Gasteiger partial charge in [0.15, 0.2) is 5.76 Å². The predicted octanol–water partition coefficient (Wildman–Crippen LogP) is 7.47. The number of hydrogen-bond acceptors (Lipinski definition) is 3. The summed E-state index contributed by atoms with van der Waals surface area (Å²) in [5, 5.41) is 0. The highest BCUT2D eigenvalue weighted by Gasteiger charge is 2.17. The minimum atomic E-state index is 0.582. The number of hydrogen-bond donors (Lipinski definition) is 0. The van der Waals surface area contributed by atoms with Gasteiger partial charge in [-0.1, -0.05) is 78.9 Å². The van der Waals surface area contributed by atoms with Crippen LogP contribution in [0.5, 0.6) is 11.5 Å². The van der Waals surface area contributed by atoms with E-state index in [1.165, 1.54) is 0 Å². The maximum atomic E-state index is 6.25. The summed E-state index contributed by atoms with van der Waals surface area (Å²) in [7, 11) is 0. The summed E-state index contributed by atoms with van der Waals surface area (Å²) < 4.78 is 12.1. The van der Waals surface area contributed by atoms with E-state index >= 15 is 0 Å². The van der Waals surface area contributed by atoms with Gasteiger partial charge >= 0.3 is 0 Å². The third kappa shape index (κ3) is 3.74. The molecule has 1 heterocycles. The summed E-state index contributed by atoms with van der Waals surface area (Å²) in [6, 6.07) is 37.7. The smallest absolute Gasteiger partial charge is 0.227 e. The number of nitrogens with zero attached hydrogens (tertiary/aromatic N) is 1. The van der Waals surface area contributed by atoms with Gasteiger partial charge in [0.1, 0.15) is 17.2 Å². The van der Waals surface area contributed by atoms with Crippen molar-refractivity contribution in [3.8, 4) is 45.5 Å². The van der Waals surface area contributed by atoms with Crippen molar-refractivity contribution in [2.24, 2.45) is 0 Å². The third-order valence-corrected chi connectivity index (χ3v) is 4.79. The Bertz CT molecular complexity index is 1170. The number of rotatable bonds is 5. The molecule has 4 aromatic carbocycles. The first-order chi connectivity index (χ1) is 14.9. The number of para-hydroxylation sites is 1. The van der Waals surface area contributed by atoms with Crippen LogP contribution in [0.2, 0.25) is 0 Å². The minimum Gasteiger partial charge on any atom is -0.457 e. The van der Waals surface area contributed by atoms with Crippen LogP contribution in [0, 0.1) is 0 Å². The zero-order valence-electron chi connectivity index (χ0n) is 16.2. The Morgan fingerprint density at radius 1 is 0.500 bits per heavy atom. The van der Waals surface area contributed by atoms with Crippen LogP contribution in [0.4, 0.5) is 0 Å². The van der Waals surface area contributed by atoms with Crippen LogP contribution in [-0.4, -0.2) is 4.98 Å². The molecule has 0 fully saturated rings. The summed E-state index contributed by atoms with van der Waals surface area (Å²) in [5.74, 6) is 2.92. The van der Waals surface area contributed by atoms with Crippen LogP contribution in [0.25, 0.3) is 34.0 Å². The van der Waals surface area contributed by atoms with Crippen molar-refractivity contribution >= 4 is 0 Å². The van der Waals surface area contributed by atoms with Gasteiger partial charge in [-0.15, -0.1) is 0 Å². The fraction of sp³-hybridized carbons (Fsp3) is 0. The maximum absolute atomic E-state index is 6.25. The lowest BCUT2D eigenvalue weighted by atomic mass is 10.1. The first-order valence-electron chi connectivity index (χ1n) is 9.82. The molecule has 5 rings (SSSR count). The molecule has 0 aliphatic heterocycles. The van der Waals surface area contributed by atoms with Crippen molar-refractivity contribution in [3.63, 3.8) is 0 Å². The van der Waals surface area contributed by atoms with E-state index in [0.29, 0.717) is 5.89 Å². The van der Waals surface area contributed by atoms with Gasteiger partial charge in [0.05, 0.1) is 0 Å². The molecule has 0 bridgehead atoms. The van der Waals surface area contributed by atoms with Crippen LogP contribution >= 0.6 is 0 Å². The largest absolute Gasteiger partial charge is 0.457 e. The summed E-state index contributed by atoms with van der Waals surface area (Å²) >= 11 is 0. The highest BCUT2D eigenvalue weighted by Crippen LogP contribution is 2.36. The predicted molar refractivity (Wildman–Crippen MR) is 119 cm³/mol. The molecule has 0 aliphatic carbocycles. The molecule has 5 aromatic rings. The number of benzene rings is 4.